The molecule has 0 radical (unpaired) electrons. The van der Waals surface area contributed by atoms with Crippen molar-refractivity contribution < 1.29 is 9.26 Å². The van der Waals surface area contributed by atoms with Gasteiger partial charge in [0.05, 0.1) is 12.3 Å². The molecule has 2 aromatic rings. The highest BCUT2D eigenvalue weighted by Gasteiger charge is 2.08. The van der Waals surface area contributed by atoms with Crippen LogP contribution < -0.4 is 4.74 Å². The Kier molecular flexibility index (Phi) is 3.11. The molecule has 0 saturated heterocycles. The highest BCUT2D eigenvalue weighted by atomic mass is 35.5. The molecule has 80 valence electrons. The molecule has 0 fully saturated rings. The van der Waals surface area contributed by atoms with Crippen LogP contribution in [0.5, 0.6) is 5.75 Å². The van der Waals surface area contributed by atoms with Gasteiger partial charge in [0.2, 0.25) is 0 Å². The van der Waals surface area contributed by atoms with E-state index in [-0.39, 0.29) is 0 Å². The van der Waals surface area contributed by atoms with E-state index in [0.717, 1.165) is 22.4 Å². The van der Waals surface area contributed by atoms with Crippen molar-refractivity contribution in [1.29, 1.82) is 0 Å². The topological polar surface area (TPSA) is 35.3 Å². The second-order valence-corrected chi connectivity index (χ2v) is 3.54. The largest absolute Gasteiger partial charge is 0.494 e. The van der Waals surface area contributed by atoms with Gasteiger partial charge in [-0.1, -0.05) is 5.16 Å². The molecule has 0 aliphatic rings. The van der Waals surface area contributed by atoms with Crippen LogP contribution in [0.25, 0.3) is 11.0 Å². The standard InChI is InChI=1S/C11H12ClNO2/c1-2-14-8-3-4-11-9(7-8)10(5-6-12)13-15-11/h3-4,7H,2,5-6H2,1H3. The zero-order valence-electron chi connectivity index (χ0n) is 8.50. The summed E-state index contributed by atoms with van der Waals surface area (Å²) in [6.07, 6.45) is 0.712. The molecule has 0 N–H and O–H groups in total. The quantitative estimate of drug-likeness (QED) is 0.751. The van der Waals surface area contributed by atoms with Gasteiger partial charge in [-0.15, -0.1) is 11.6 Å². The van der Waals surface area contributed by atoms with E-state index >= 15 is 0 Å². The minimum absolute atomic E-state index is 0.542. The Bertz CT molecular complexity index is 453. The first-order valence-electron chi connectivity index (χ1n) is 4.92. The SMILES string of the molecule is CCOc1ccc2onc(CCCl)c2c1. The fourth-order valence-corrected chi connectivity index (χ4v) is 1.67. The second-order valence-electron chi connectivity index (χ2n) is 3.16. The van der Waals surface area contributed by atoms with Gasteiger partial charge in [-0.2, -0.15) is 0 Å². The number of hydrogen-bond acceptors (Lipinski definition) is 3. The molecule has 0 bridgehead atoms. The number of rotatable bonds is 4. The summed E-state index contributed by atoms with van der Waals surface area (Å²) in [5.41, 5.74) is 1.67. The molecule has 0 aliphatic carbocycles. The van der Waals surface area contributed by atoms with Gasteiger partial charge in [0.15, 0.2) is 5.58 Å². The third-order valence-corrected chi connectivity index (χ3v) is 2.35. The molecule has 15 heavy (non-hydrogen) atoms. The molecule has 0 amide bonds. The molecular formula is C11H12ClNO2. The van der Waals surface area contributed by atoms with Crippen LogP contribution in [0.15, 0.2) is 22.7 Å². The van der Waals surface area contributed by atoms with Crippen LogP contribution in [0.4, 0.5) is 0 Å². The fraction of sp³-hybridized carbons (Fsp3) is 0.364. The van der Waals surface area contributed by atoms with Crippen molar-refractivity contribution in [2.75, 3.05) is 12.5 Å². The number of halogens is 1. The van der Waals surface area contributed by atoms with E-state index in [9.17, 15) is 0 Å². The average molecular weight is 226 g/mol. The van der Waals surface area contributed by atoms with Crippen LogP contribution in [0.3, 0.4) is 0 Å². The number of ether oxygens (including phenoxy) is 1. The van der Waals surface area contributed by atoms with E-state index in [2.05, 4.69) is 5.16 Å². The maximum absolute atomic E-state index is 5.68. The Morgan fingerprint density at radius 2 is 2.33 bits per heavy atom. The van der Waals surface area contributed by atoms with Gasteiger partial charge in [0, 0.05) is 17.7 Å². The monoisotopic (exact) mass is 225 g/mol. The number of hydrogen-bond donors (Lipinski definition) is 0. The van der Waals surface area contributed by atoms with Gasteiger partial charge in [0.1, 0.15) is 5.75 Å². The number of alkyl halides is 1. The third kappa shape index (κ3) is 2.07. The first-order chi connectivity index (χ1) is 7.35. The van der Waals surface area contributed by atoms with Crippen molar-refractivity contribution in [3.05, 3.63) is 23.9 Å². The molecule has 0 spiro atoms. The van der Waals surface area contributed by atoms with Crippen molar-refractivity contribution in [1.82, 2.24) is 5.16 Å². The lowest BCUT2D eigenvalue weighted by Gasteiger charge is -2.01. The van der Waals surface area contributed by atoms with Crippen molar-refractivity contribution in [3.63, 3.8) is 0 Å². The number of benzene rings is 1. The molecule has 4 heteroatoms. The Balaban J connectivity index is 2.42. The third-order valence-electron chi connectivity index (χ3n) is 2.16. The Morgan fingerprint density at radius 1 is 1.47 bits per heavy atom. The summed E-state index contributed by atoms with van der Waals surface area (Å²) in [7, 11) is 0. The van der Waals surface area contributed by atoms with Crippen LogP contribution >= 0.6 is 11.6 Å². The summed E-state index contributed by atoms with van der Waals surface area (Å²) < 4.78 is 10.6. The summed E-state index contributed by atoms with van der Waals surface area (Å²) in [4.78, 5) is 0. The van der Waals surface area contributed by atoms with Gasteiger partial charge in [-0.25, -0.2) is 0 Å². The summed E-state index contributed by atoms with van der Waals surface area (Å²) in [6.45, 7) is 2.61. The van der Waals surface area contributed by atoms with Crippen molar-refractivity contribution in [2.24, 2.45) is 0 Å². The summed E-state index contributed by atoms with van der Waals surface area (Å²) >= 11 is 5.68. The molecule has 2 rings (SSSR count). The predicted molar refractivity (Wildman–Crippen MR) is 59.6 cm³/mol. The van der Waals surface area contributed by atoms with E-state index in [1.165, 1.54) is 0 Å². The van der Waals surface area contributed by atoms with Crippen LogP contribution in [0.2, 0.25) is 0 Å². The molecule has 0 aliphatic heterocycles. The van der Waals surface area contributed by atoms with Gasteiger partial charge >= 0.3 is 0 Å². The fourth-order valence-electron chi connectivity index (χ4n) is 1.49. The molecule has 0 atom stereocenters. The highest BCUT2D eigenvalue weighted by Crippen LogP contribution is 2.24. The summed E-state index contributed by atoms with van der Waals surface area (Å²) in [5, 5.41) is 4.96. The van der Waals surface area contributed by atoms with Crippen molar-refractivity contribution in [3.8, 4) is 5.75 Å². The van der Waals surface area contributed by atoms with Gasteiger partial charge < -0.3 is 9.26 Å². The van der Waals surface area contributed by atoms with Crippen LogP contribution in [-0.4, -0.2) is 17.6 Å². The molecular weight excluding hydrogens is 214 g/mol. The Hall–Kier alpha value is -1.22. The lowest BCUT2D eigenvalue weighted by atomic mass is 10.2. The number of aromatic nitrogens is 1. The average Bonchev–Trinajstić information content (AvgIpc) is 2.63. The van der Waals surface area contributed by atoms with E-state index in [1.807, 2.05) is 25.1 Å². The second kappa shape index (κ2) is 4.53. The summed E-state index contributed by atoms with van der Waals surface area (Å²) in [6, 6.07) is 5.68. The van der Waals surface area contributed by atoms with Gasteiger partial charge in [-0.05, 0) is 25.1 Å². The smallest absolute Gasteiger partial charge is 0.167 e. The Labute approximate surface area is 93.0 Å². The van der Waals surface area contributed by atoms with Gasteiger partial charge in [0.25, 0.3) is 0 Å². The first kappa shape index (κ1) is 10.3. The molecule has 0 saturated carbocycles. The molecule has 3 nitrogen and oxygen atoms in total. The number of nitrogens with zero attached hydrogens (tertiary/aromatic N) is 1. The van der Waals surface area contributed by atoms with Crippen molar-refractivity contribution >= 4 is 22.6 Å². The highest BCUT2D eigenvalue weighted by molar-refractivity contribution is 6.18. The zero-order chi connectivity index (χ0) is 10.7. The lowest BCUT2D eigenvalue weighted by molar-refractivity contribution is 0.340. The van der Waals surface area contributed by atoms with E-state index in [4.69, 9.17) is 20.9 Å². The maximum atomic E-state index is 5.68. The summed E-state index contributed by atoms with van der Waals surface area (Å²) in [5.74, 6) is 1.38. The van der Waals surface area contributed by atoms with Crippen LogP contribution in [-0.2, 0) is 6.42 Å². The minimum atomic E-state index is 0.542. The van der Waals surface area contributed by atoms with E-state index in [0.29, 0.717) is 18.9 Å². The molecule has 0 unspecified atom stereocenters. The zero-order valence-corrected chi connectivity index (χ0v) is 9.25. The van der Waals surface area contributed by atoms with Crippen molar-refractivity contribution in [2.45, 2.75) is 13.3 Å². The number of aryl methyl sites for hydroxylation is 1. The van der Waals surface area contributed by atoms with E-state index < -0.39 is 0 Å². The minimum Gasteiger partial charge on any atom is -0.494 e. The molecule has 1 heterocycles. The van der Waals surface area contributed by atoms with Crippen LogP contribution in [0, 0.1) is 0 Å². The predicted octanol–water partition coefficient (Wildman–Crippen LogP) is 3.01. The molecule has 1 aromatic carbocycles. The number of fused-ring (bicyclic) bond motifs is 1. The first-order valence-corrected chi connectivity index (χ1v) is 5.45. The van der Waals surface area contributed by atoms with E-state index in [1.54, 1.807) is 0 Å². The van der Waals surface area contributed by atoms with Crippen LogP contribution in [0.1, 0.15) is 12.6 Å². The molecule has 1 aromatic heterocycles. The maximum Gasteiger partial charge on any atom is 0.167 e. The van der Waals surface area contributed by atoms with Gasteiger partial charge in [-0.3, -0.25) is 0 Å². The lowest BCUT2D eigenvalue weighted by Crippen LogP contribution is -1.91. The normalized spacial score (nSPS) is 10.8. The Morgan fingerprint density at radius 3 is 3.07 bits per heavy atom.